The second-order valence-electron chi connectivity index (χ2n) is 5.33. The lowest BCUT2D eigenvalue weighted by Gasteiger charge is -2.24. The molecular weight excluding hydrogens is 224 g/mol. The van der Waals surface area contributed by atoms with Crippen LogP contribution in [0.5, 0.6) is 0 Å². The second-order valence-corrected chi connectivity index (χ2v) is 5.33. The lowest BCUT2D eigenvalue weighted by molar-refractivity contribution is 0.193. The van der Waals surface area contributed by atoms with E-state index in [9.17, 15) is 0 Å². The molecule has 0 bridgehead atoms. The predicted molar refractivity (Wildman–Crippen MR) is 73.9 cm³/mol. The maximum atomic E-state index is 5.52. The maximum absolute atomic E-state index is 5.52. The zero-order chi connectivity index (χ0) is 13.1. The van der Waals surface area contributed by atoms with Gasteiger partial charge in [-0.1, -0.05) is 13.0 Å². The Bertz CT molecular complexity index is 397. The molecule has 1 aromatic rings. The average Bonchev–Trinajstić information content (AvgIpc) is 2.90. The van der Waals surface area contributed by atoms with Crippen LogP contribution in [0.4, 0.5) is 0 Å². The predicted octanol–water partition coefficient (Wildman–Crippen LogP) is 2.77. The highest BCUT2D eigenvalue weighted by molar-refractivity contribution is 5.30. The van der Waals surface area contributed by atoms with Crippen molar-refractivity contribution in [2.45, 2.75) is 38.6 Å². The zero-order valence-electron chi connectivity index (χ0n) is 11.9. The van der Waals surface area contributed by atoms with E-state index in [0.29, 0.717) is 12.0 Å². The van der Waals surface area contributed by atoms with Crippen molar-refractivity contribution in [1.29, 1.82) is 0 Å². The van der Waals surface area contributed by atoms with Gasteiger partial charge in [0.2, 0.25) is 0 Å². The number of aryl methyl sites for hydroxylation is 1. The van der Waals surface area contributed by atoms with E-state index in [2.05, 4.69) is 45.0 Å². The first-order chi connectivity index (χ1) is 8.63. The van der Waals surface area contributed by atoms with Crippen molar-refractivity contribution in [2.75, 3.05) is 27.3 Å². The van der Waals surface area contributed by atoms with E-state index in [-0.39, 0.29) is 0 Å². The summed E-state index contributed by atoms with van der Waals surface area (Å²) in [5, 5.41) is 0. The summed E-state index contributed by atoms with van der Waals surface area (Å²) in [4.78, 5) is 7.08. The van der Waals surface area contributed by atoms with E-state index in [0.717, 1.165) is 26.1 Å². The first-order valence-electron chi connectivity index (χ1n) is 6.87. The molecule has 1 fully saturated rings. The van der Waals surface area contributed by atoms with Crippen LogP contribution in [0.25, 0.3) is 0 Å². The summed E-state index contributed by atoms with van der Waals surface area (Å²) >= 11 is 0. The van der Waals surface area contributed by atoms with Gasteiger partial charge in [-0.25, -0.2) is 0 Å². The van der Waals surface area contributed by atoms with E-state index in [4.69, 9.17) is 9.72 Å². The normalized spacial score (nSPS) is 21.5. The Balaban J connectivity index is 2.37. The quantitative estimate of drug-likeness (QED) is 0.819. The van der Waals surface area contributed by atoms with Crippen LogP contribution in [-0.4, -0.2) is 37.2 Å². The van der Waals surface area contributed by atoms with Crippen LogP contribution in [0, 0.1) is 0 Å². The molecule has 1 aliphatic rings. The summed E-state index contributed by atoms with van der Waals surface area (Å²) in [7, 11) is 4.22. The topological polar surface area (TPSA) is 25.4 Å². The fourth-order valence-corrected chi connectivity index (χ4v) is 2.43. The largest absolute Gasteiger partial charge is 0.381 e. The van der Waals surface area contributed by atoms with Crippen molar-refractivity contribution in [3.8, 4) is 0 Å². The number of rotatable bonds is 4. The summed E-state index contributed by atoms with van der Waals surface area (Å²) in [6.45, 7) is 6.11. The van der Waals surface area contributed by atoms with Gasteiger partial charge in [-0.15, -0.1) is 0 Å². The van der Waals surface area contributed by atoms with Gasteiger partial charge in [0.05, 0.1) is 12.3 Å². The van der Waals surface area contributed by atoms with Crippen molar-refractivity contribution < 1.29 is 4.74 Å². The van der Waals surface area contributed by atoms with Gasteiger partial charge in [0.15, 0.2) is 0 Å². The molecule has 100 valence electrons. The number of nitrogens with zero attached hydrogens (tertiary/aromatic N) is 2. The molecule has 3 nitrogen and oxygen atoms in total. The Hall–Kier alpha value is -0.930. The third-order valence-corrected chi connectivity index (χ3v) is 3.92. The Morgan fingerprint density at radius 1 is 1.44 bits per heavy atom. The van der Waals surface area contributed by atoms with Gasteiger partial charge >= 0.3 is 0 Å². The maximum Gasteiger partial charge on any atom is 0.0611 e. The Kier molecular flexibility index (Phi) is 4.36. The highest BCUT2D eigenvalue weighted by Crippen LogP contribution is 2.31. The minimum atomic E-state index is 0.354. The molecule has 1 aliphatic heterocycles. The summed E-state index contributed by atoms with van der Waals surface area (Å²) in [5.74, 6) is 0.529. The van der Waals surface area contributed by atoms with Gasteiger partial charge in [-0.2, -0.15) is 0 Å². The van der Waals surface area contributed by atoms with Crippen LogP contribution in [0.15, 0.2) is 12.1 Å². The molecule has 2 rings (SSSR count). The average molecular weight is 248 g/mol. The molecule has 0 aromatic carbocycles. The molecule has 0 radical (unpaired) electrons. The Morgan fingerprint density at radius 2 is 2.22 bits per heavy atom. The fraction of sp³-hybridized carbons (Fsp3) is 0.667. The molecular formula is C15H24N2O. The molecule has 1 saturated heterocycles. The van der Waals surface area contributed by atoms with Gasteiger partial charge < -0.3 is 9.64 Å². The molecule has 1 aromatic heterocycles. The minimum Gasteiger partial charge on any atom is -0.381 e. The fourth-order valence-electron chi connectivity index (χ4n) is 2.43. The minimum absolute atomic E-state index is 0.354. The smallest absolute Gasteiger partial charge is 0.0611 e. The van der Waals surface area contributed by atoms with Crippen LogP contribution in [0.1, 0.15) is 49.2 Å². The summed E-state index contributed by atoms with van der Waals surface area (Å²) < 4.78 is 5.52. The van der Waals surface area contributed by atoms with Gasteiger partial charge in [0, 0.05) is 24.3 Å². The van der Waals surface area contributed by atoms with E-state index >= 15 is 0 Å². The van der Waals surface area contributed by atoms with Gasteiger partial charge in [-0.05, 0) is 45.5 Å². The molecule has 0 aliphatic carbocycles. The lowest BCUT2D eigenvalue weighted by atomic mass is 9.93. The van der Waals surface area contributed by atoms with Crippen molar-refractivity contribution in [3.63, 3.8) is 0 Å². The number of hydrogen-bond donors (Lipinski definition) is 0. The van der Waals surface area contributed by atoms with E-state index < -0.39 is 0 Å². The van der Waals surface area contributed by atoms with Gasteiger partial charge in [0.1, 0.15) is 0 Å². The van der Waals surface area contributed by atoms with E-state index in [1.165, 1.54) is 17.0 Å². The monoisotopic (exact) mass is 248 g/mol. The van der Waals surface area contributed by atoms with E-state index in [1.54, 1.807) is 0 Å². The first kappa shape index (κ1) is 13.5. The summed E-state index contributed by atoms with van der Waals surface area (Å²) in [6.07, 6.45) is 2.12. The second kappa shape index (κ2) is 5.81. The van der Waals surface area contributed by atoms with Crippen LogP contribution in [0.2, 0.25) is 0 Å². The molecule has 3 heteroatoms. The van der Waals surface area contributed by atoms with Crippen LogP contribution >= 0.6 is 0 Å². The summed E-state index contributed by atoms with van der Waals surface area (Å²) in [5.41, 5.74) is 3.79. The standard InChI is InChI=1S/C15H24N2O/c1-5-13-6-7-14(12-8-9-18-10-12)15(16-13)11(2)17(3)4/h6-7,11-12H,5,8-10H2,1-4H3/t11-,12-/m0/s1. The molecule has 0 spiro atoms. The SMILES string of the molecule is CCc1ccc([C@H]2CCOC2)c([C@H](C)N(C)C)n1. The number of aromatic nitrogens is 1. The van der Waals surface area contributed by atoms with Crippen molar-refractivity contribution >= 4 is 0 Å². The Labute approximate surface area is 110 Å². The van der Waals surface area contributed by atoms with Crippen LogP contribution < -0.4 is 0 Å². The zero-order valence-corrected chi connectivity index (χ0v) is 11.9. The third kappa shape index (κ3) is 2.73. The first-order valence-corrected chi connectivity index (χ1v) is 6.87. The van der Waals surface area contributed by atoms with E-state index in [1.807, 2.05) is 0 Å². The third-order valence-electron chi connectivity index (χ3n) is 3.92. The number of hydrogen-bond acceptors (Lipinski definition) is 3. The highest BCUT2D eigenvalue weighted by Gasteiger charge is 2.24. The number of pyridine rings is 1. The molecule has 2 heterocycles. The molecule has 0 unspecified atom stereocenters. The number of ether oxygens (including phenoxy) is 1. The molecule has 18 heavy (non-hydrogen) atoms. The highest BCUT2D eigenvalue weighted by atomic mass is 16.5. The van der Waals surface area contributed by atoms with Crippen molar-refractivity contribution in [3.05, 3.63) is 29.1 Å². The van der Waals surface area contributed by atoms with Gasteiger partial charge in [0.25, 0.3) is 0 Å². The van der Waals surface area contributed by atoms with Crippen LogP contribution in [0.3, 0.4) is 0 Å². The molecule has 0 amide bonds. The van der Waals surface area contributed by atoms with Crippen molar-refractivity contribution in [2.24, 2.45) is 0 Å². The molecule has 0 N–H and O–H groups in total. The Morgan fingerprint density at radius 3 is 2.78 bits per heavy atom. The van der Waals surface area contributed by atoms with Crippen LogP contribution in [-0.2, 0) is 11.2 Å². The lowest BCUT2D eigenvalue weighted by Crippen LogP contribution is -2.21. The molecule has 0 saturated carbocycles. The summed E-state index contributed by atoms with van der Waals surface area (Å²) in [6, 6.07) is 4.78. The molecule has 2 atom stereocenters. The van der Waals surface area contributed by atoms with Gasteiger partial charge in [-0.3, -0.25) is 4.98 Å². The van der Waals surface area contributed by atoms with Crippen molar-refractivity contribution in [1.82, 2.24) is 9.88 Å².